The Morgan fingerprint density at radius 2 is 1.50 bits per heavy atom. The first-order valence-corrected chi connectivity index (χ1v) is 5.36. The monoisotopic (exact) mass is 278 g/mol. The van der Waals surface area contributed by atoms with E-state index in [4.69, 9.17) is 0 Å². The molecule has 0 radical (unpaired) electrons. The Kier molecular flexibility index (Phi) is 3.01. The van der Waals surface area contributed by atoms with E-state index in [1.54, 1.807) is 30.3 Å². The van der Waals surface area contributed by atoms with Crippen LogP contribution in [0.2, 0.25) is 0 Å². The summed E-state index contributed by atoms with van der Waals surface area (Å²) in [7, 11) is 0. The van der Waals surface area contributed by atoms with E-state index >= 15 is 0 Å². The molecule has 0 fully saturated rings. The highest BCUT2D eigenvalue weighted by atomic mass is 79.9. The van der Waals surface area contributed by atoms with Crippen molar-refractivity contribution >= 4 is 27.9 Å². The molecule has 1 aromatic carbocycles. The molecule has 4 heteroatoms. The molecule has 16 heavy (non-hydrogen) atoms. The van der Waals surface area contributed by atoms with E-state index in [-0.39, 0.29) is 0 Å². The molecule has 1 aliphatic rings. The fourth-order valence-electron chi connectivity index (χ4n) is 1.25. The molecule has 0 unspecified atom stereocenters. The second kappa shape index (κ2) is 4.45. The van der Waals surface area contributed by atoms with Crippen molar-refractivity contribution in [2.24, 2.45) is 0 Å². The molecule has 3 nitrogen and oxygen atoms in total. The first-order chi connectivity index (χ1) is 7.66. The molecule has 1 aliphatic heterocycles. The molecule has 2 bridgehead atoms. The smallest absolute Gasteiger partial charge is 0.346 e. The average molecular weight is 279 g/mol. The number of hydrogen-bond donors (Lipinski definition) is 0. The van der Waals surface area contributed by atoms with Gasteiger partial charge < -0.3 is 4.74 Å². The van der Waals surface area contributed by atoms with Gasteiger partial charge in [-0.2, -0.15) is 0 Å². The summed E-state index contributed by atoms with van der Waals surface area (Å²) >= 11 is 3.31. The van der Waals surface area contributed by atoms with Crippen LogP contribution in [0.25, 0.3) is 0 Å². The molecule has 80 valence electrons. The Balaban J connectivity index is 2.71. The molecule has 1 aromatic rings. The van der Waals surface area contributed by atoms with Crippen molar-refractivity contribution in [3.05, 3.63) is 58.1 Å². The maximum Gasteiger partial charge on any atom is 0.346 e. The molecule has 0 saturated heterocycles. The number of carbonyl (C=O) groups excluding carboxylic acids is 2. The van der Waals surface area contributed by atoms with Gasteiger partial charge in [-0.1, -0.05) is 28.1 Å². The van der Waals surface area contributed by atoms with E-state index in [2.05, 4.69) is 20.7 Å². The Bertz CT molecular complexity index is 522. The molecule has 0 amide bonds. The zero-order valence-corrected chi connectivity index (χ0v) is 9.73. The number of carbonyl (C=O) groups is 2. The van der Waals surface area contributed by atoms with Gasteiger partial charge in [0.05, 0.1) is 11.1 Å². The van der Waals surface area contributed by atoms with E-state index < -0.39 is 11.9 Å². The quantitative estimate of drug-likeness (QED) is 0.541. The molecule has 1 heterocycles. The maximum absolute atomic E-state index is 11.3. The predicted molar refractivity (Wildman–Crippen MR) is 61.5 cm³/mol. The van der Waals surface area contributed by atoms with Crippen molar-refractivity contribution in [2.75, 3.05) is 0 Å². The summed E-state index contributed by atoms with van der Waals surface area (Å²) in [5.41, 5.74) is 0.716. The number of hydrogen-bond acceptors (Lipinski definition) is 3. The van der Waals surface area contributed by atoms with Gasteiger partial charge >= 0.3 is 11.9 Å². The molecule has 0 atom stereocenters. The lowest BCUT2D eigenvalue weighted by Crippen LogP contribution is -2.17. The number of cyclic esters (lactones) is 2. The van der Waals surface area contributed by atoms with Gasteiger partial charge in [0.15, 0.2) is 0 Å². The third-order valence-electron chi connectivity index (χ3n) is 2.03. The van der Waals surface area contributed by atoms with E-state index in [1.807, 2.05) is 6.07 Å². The zero-order valence-electron chi connectivity index (χ0n) is 8.14. The summed E-state index contributed by atoms with van der Waals surface area (Å²) in [5, 5.41) is 0. The van der Waals surface area contributed by atoms with Crippen molar-refractivity contribution in [3.8, 4) is 0 Å². The summed E-state index contributed by atoms with van der Waals surface area (Å²) in [6.45, 7) is 0. The molecule has 0 spiro atoms. The highest BCUT2D eigenvalue weighted by Crippen LogP contribution is 2.13. The summed E-state index contributed by atoms with van der Waals surface area (Å²) in [6.07, 6.45) is 0. The van der Waals surface area contributed by atoms with Crippen LogP contribution in [0.15, 0.2) is 46.9 Å². The van der Waals surface area contributed by atoms with Gasteiger partial charge in [-0.25, -0.2) is 9.59 Å². The van der Waals surface area contributed by atoms with Crippen LogP contribution in [0.4, 0.5) is 0 Å². The lowest BCUT2D eigenvalue weighted by Gasteiger charge is -2.07. The van der Waals surface area contributed by atoms with Crippen LogP contribution >= 0.6 is 15.9 Å². The van der Waals surface area contributed by atoms with E-state index in [0.717, 1.165) is 4.47 Å². The maximum atomic E-state index is 11.3. The van der Waals surface area contributed by atoms with Crippen molar-refractivity contribution in [3.63, 3.8) is 0 Å². The number of ether oxygens (including phenoxy) is 1. The largest absolute Gasteiger partial charge is 0.386 e. The van der Waals surface area contributed by atoms with Crippen molar-refractivity contribution in [2.45, 2.75) is 0 Å². The summed E-state index contributed by atoms with van der Waals surface area (Å²) in [6, 6.07) is 11.7. The van der Waals surface area contributed by atoms with Gasteiger partial charge in [0.1, 0.15) is 0 Å². The van der Waals surface area contributed by atoms with Crippen LogP contribution in [0.3, 0.4) is 0 Å². The van der Waals surface area contributed by atoms with Crippen LogP contribution in [-0.2, 0) is 4.74 Å². The number of esters is 2. The van der Waals surface area contributed by atoms with E-state index in [1.165, 1.54) is 6.07 Å². The zero-order chi connectivity index (χ0) is 11.5. The number of halogens is 1. The third-order valence-corrected chi connectivity index (χ3v) is 2.56. The highest BCUT2D eigenvalue weighted by Gasteiger charge is 2.19. The molecule has 2 rings (SSSR count). The van der Waals surface area contributed by atoms with Gasteiger partial charge in [0.25, 0.3) is 0 Å². The minimum absolute atomic E-state index is 0.353. The van der Waals surface area contributed by atoms with Crippen molar-refractivity contribution < 1.29 is 14.3 Å². The van der Waals surface area contributed by atoms with Crippen LogP contribution in [-0.4, -0.2) is 11.9 Å². The minimum Gasteiger partial charge on any atom is -0.386 e. The molecular formula is C12H7BrO3. The van der Waals surface area contributed by atoms with Crippen LogP contribution in [0.5, 0.6) is 0 Å². The summed E-state index contributed by atoms with van der Waals surface area (Å²) < 4.78 is 5.41. The predicted octanol–water partition coefficient (Wildman–Crippen LogP) is 2.88. The van der Waals surface area contributed by atoms with Crippen molar-refractivity contribution in [1.82, 2.24) is 0 Å². The molecular weight excluding hydrogens is 272 g/mol. The van der Waals surface area contributed by atoms with Crippen LogP contribution < -0.4 is 0 Å². The van der Waals surface area contributed by atoms with Crippen LogP contribution in [0.1, 0.15) is 20.7 Å². The SMILES string of the molecule is O=C1OC(=O)c2ccc(Br)ccccc1c2. The van der Waals surface area contributed by atoms with Gasteiger partial charge in [-0.05, 0) is 30.3 Å². The Labute approximate surface area is 101 Å². The Morgan fingerprint density at radius 3 is 2.25 bits per heavy atom. The van der Waals surface area contributed by atoms with Gasteiger partial charge in [0, 0.05) is 4.47 Å². The molecule has 0 saturated carbocycles. The number of rotatable bonds is 0. The fourth-order valence-corrected chi connectivity index (χ4v) is 1.54. The second-order valence-corrected chi connectivity index (χ2v) is 4.08. The van der Waals surface area contributed by atoms with Crippen LogP contribution in [0, 0.1) is 0 Å². The summed E-state index contributed by atoms with van der Waals surface area (Å²) in [4.78, 5) is 22.6. The average Bonchev–Trinajstić information content (AvgIpc) is 2.25. The van der Waals surface area contributed by atoms with Crippen molar-refractivity contribution in [1.29, 1.82) is 0 Å². The lowest BCUT2D eigenvalue weighted by atomic mass is 10.1. The number of fused-ring (bicyclic) bond motifs is 2. The molecule has 0 N–H and O–H groups in total. The third kappa shape index (κ3) is 2.28. The highest BCUT2D eigenvalue weighted by molar-refractivity contribution is 9.10. The first kappa shape index (κ1) is 10.8. The van der Waals surface area contributed by atoms with E-state index in [0.29, 0.717) is 11.1 Å². The lowest BCUT2D eigenvalue weighted by molar-refractivity contribution is 0.0386. The fraction of sp³-hybridized carbons (Fsp3) is 0. The Morgan fingerprint density at radius 1 is 0.875 bits per heavy atom. The van der Waals surface area contributed by atoms with Gasteiger partial charge in [-0.3, -0.25) is 0 Å². The second-order valence-electron chi connectivity index (χ2n) is 3.17. The molecule has 0 aliphatic carbocycles. The standard InChI is InChI=1S/C12H7BrO3/c13-10-4-2-1-3-8-7-9(5-6-10)12(15)16-11(8)14/h1-7H. The van der Waals surface area contributed by atoms with Gasteiger partial charge in [-0.15, -0.1) is 0 Å². The Hall–Kier alpha value is -1.68. The van der Waals surface area contributed by atoms with Gasteiger partial charge in [0.2, 0.25) is 0 Å². The van der Waals surface area contributed by atoms with E-state index in [9.17, 15) is 9.59 Å². The molecule has 0 aromatic heterocycles. The topological polar surface area (TPSA) is 43.4 Å². The summed E-state index contributed by atoms with van der Waals surface area (Å²) in [5.74, 6) is -1.24. The minimum atomic E-state index is -0.622. The first-order valence-electron chi connectivity index (χ1n) is 4.57. The normalized spacial score (nSPS) is 12.8.